The molecule has 0 aliphatic rings. The normalized spacial score (nSPS) is 14.6. The first-order valence-corrected chi connectivity index (χ1v) is 7.53. The van der Waals surface area contributed by atoms with Gasteiger partial charge in [-0.05, 0) is 31.5 Å². The number of rotatable bonds is 7. The van der Waals surface area contributed by atoms with Crippen LogP contribution in [0.15, 0.2) is 29.2 Å². The summed E-state index contributed by atoms with van der Waals surface area (Å²) in [7, 11) is 0. The number of thioether (sulfide) groups is 1. The molecule has 0 radical (unpaired) electrons. The molecule has 1 nitrogen and oxygen atoms in total. The zero-order valence-corrected chi connectivity index (χ0v) is 12.4. The molecule has 0 spiro atoms. The molecular formula is C14H22ClNS. The Morgan fingerprint density at radius 3 is 2.76 bits per heavy atom. The van der Waals surface area contributed by atoms with Gasteiger partial charge in [0, 0.05) is 27.8 Å². The monoisotopic (exact) mass is 271 g/mol. The van der Waals surface area contributed by atoms with Gasteiger partial charge in [-0.2, -0.15) is 0 Å². The Labute approximate surface area is 114 Å². The highest BCUT2D eigenvalue weighted by Gasteiger charge is 2.06. The zero-order chi connectivity index (χ0) is 12.7. The van der Waals surface area contributed by atoms with E-state index in [1.165, 1.54) is 17.7 Å². The van der Waals surface area contributed by atoms with Gasteiger partial charge in [-0.1, -0.05) is 37.9 Å². The predicted molar refractivity (Wildman–Crippen MR) is 79.1 cm³/mol. The van der Waals surface area contributed by atoms with Crippen molar-refractivity contribution in [2.75, 3.05) is 6.54 Å². The number of hydrogen-bond acceptors (Lipinski definition) is 2. The van der Waals surface area contributed by atoms with Crippen LogP contribution < -0.4 is 5.32 Å². The average Bonchev–Trinajstić information content (AvgIpc) is 2.27. The van der Waals surface area contributed by atoms with Gasteiger partial charge in [0.05, 0.1) is 0 Å². The van der Waals surface area contributed by atoms with E-state index in [1.54, 1.807) is 0 Å². The molecule has 0 aromatic heterocycles. The quantitative estimate of drug-likeness (QED) is 0.728. The molecule has 0 bridgehead atoms. The number of hydrogen-bond donors (Lipinski definition) is 1. The Morgan fingerprint density at radius 2 is 2.12 bits per heavy atom. The Bertz CT molecular complexity index is 330. The fourth-order valence-electron chi connectivity index (χ4n) is 1.72. The first-order valence-electron chi connectivity index (χ1n) is 6.27. The summed E-state index contributed by atoms with van der Waals surface area (Å²) in [5, 5.41) is 4.94. The van der Waals surface area contributed by atoms with E-state index in [0.717, 1.165) is 11.6 Å². The molecule has 0 aliphatic heterocycles. The molecular weight excluding hydrogens is 250 g/mol. The number of halogens is 1. The minimum atomic E-state index is 0.563. The lowest BCUT2D eigenvalue weighted by atomic mass is 10.2. The van der Waals surface area contributed by atoms with E-state index in [-0.39, 0.29) is 0 Å². The summed E-state index contributed by atoms with van der Waals surface area (Å²) < 4.78 is 0. The second kappa shape index (κ2) is 8.02. The summed E-state index contributed by atoms with van der Waals surface area (Å²) in [5.74, 6) is 0. The van der Waals surface area contributed by atoms with Crippen LogP contribution in [0.25, 0.3) is 0 Å². The number of benzene rings is 1. The lowest BCUT2D eigenvalue weighted by Crippen LogP contribution is -2.31. The SMILES string of the molecule is CCCC(C)NCC(C)Sc1cccc(Cl)c1. The van der Waals surface area contributed by atoms with Crippen molar-refractivity contribution in [3.05, 3.63) is 29.3 Å². The van der Waals surface area contributed by atoms with Crippen molar-refractivity contribution in [3.63, 3.8) is 0 Å². The van der Waals surface area contributed by atoms with Gasteiger partial charge in [0.15, 0.2) is 0 Å². The van der Waals surface area contributed by atoms with Crippen LogP contribution in [0.1, 0.15) is 33.6 Å². The highest BCUT2D eigenvalue weighted by atomic mass is 35.5. The molecule has 1 N–H and O–H groups in total. The van der Waals surface area contributed by atoms with Crippen LogP contribution >= 0.6 is 23.4 Å². The van der Waals surface area contributed by atoms with E-state index in [2.05, 4.69) is 32.2 Å². The molecule has 2 atom stereocenters. The Balaban J connectivity index is 2.32. The summed E-state index contributed by atoms with van der Waals surface area (Å²) in [6.07, 6.45) is 2.48. The van der Waals surface area contributed by atoms with Crippen LogP contribution in [0.4, 0.5) is 0 Å². The van der Waals surface area contributed by atoms with Gasteiger partial charge in [0.2, 0.25) is 0 Å². The van der Waals surface area contributed by atoms with Gasteiger partial charge in [-0.25, -0.2) is 0 Å². The van der Waals surface area contributed by atoms with Gasteiger partial charge in [-0.3, -0.25) is 0 Å². The van der Waals surface area contributed by atoms with Crippen molar-refractivity contribution >= 4 is 23.4 Å². The fraction of sp³-hybridized carbons (Fsp3) is 0.571. The Kier molecular flexibility index (Phi) is 7.02. The molecule has 1 aromatic carbocycles. The van der Waals surface area contributed by atoms with Crippen molar-refractivity contribution in [1.82, 2.24) is 5.32 Å². The molecule has 17 heavy (non-hydrogen) atoms. The van der Waals surface area contributed by atoms with Crippen LogP contribution in [0, 0.1) is 0 Å². The van der Waals surface area contributed by atoms with Gasteiger partial charge in [0.25, 0.3) is 0 Å². The minimum Gasteiger partial charge on any atom is -0.313 e. The van der Waals surface area contributed by atoms with Crippen LogP contribution in [0.3, 0.4) is 0 Å². The molecule has 0 fully saturated rings. The summed E-state index contributed by atoms with van der Waals surface area (Å²) >= 11 is 7.84. The smallest absolute Gasteiger partial charge is 0.0417 e. The molecule has 1 rings (SSSR count). The number of nitrogens with one attached hydrogen (secondary N) is 1. The van der Waals surface area contributed by atoms with Crippen molar-refractivity contribution in [3.8, 4) is 0 Å². The summed E-state index contributed by atoms with van der Waals surface area (Å²) in [4.78, 5) is 1.25. The highest BCUT2D eigenvalue weighted by molar-refractivity contribution is 8.00. The van der Waals surface area contributed by atoms with Crippen LogP contribution in [-0.2, 0) is 0 Å². The lowest BCUT2D eigenvalue weighted by Gasteiger charge is -2.17. The van der Waals surface area contributed by atoms with Crippen molar-refractivity contribution in [2.24, 2.45) is 0 Å². The maximum absolute atomic E-state index is 5.97. The summed E-state index contributed by atoms with van der Waals surface area (Å²) in [6.45, 7) is 7.76. The van der Waals surface area contributed by atoms with E-state index in [1.807, 2.05) is 30.0 Å². The molecule has 0 heterocycles. The average molecular weight is 272 g/mol. The highest BCUT2D eigenvalue weighted by Crippen LogP contribution is 2.25. The molecule has 0 saturated heterocycles. The van der Waals surface area contributed by atoms with E-state index in [0.29, 0.717) is 11.3 Å². The largest absolute Gasteiger partial charge is 0.313 e. The first kappa shape index (κ1) is 14.9. The molecule has 96 valence electrons. The molecule has 0 amide bonds. The van der Waals surface area contributed by atoms with Gasteiger partial charge in [0.1, 0.15) is 0 Å². The van der Waals surface area contributed by atoms with Crippen molar-refractivity contribution < 1.29 is 0 Å². The first-order chi connectivity index (χ1) is 8.11. The third-order valence-electron chi connectivity index (χ3n) is 2.61. The molecule has 2 unspecified atom stereocenters. The third kappa shape index (κ3) is 6.35. The lowest BCUT2D eigenvalue weighted by molar-refractivity contribution is 0.511. The van der Waals surface area contributed by atoms with Gasteiger partial charge < -0.3 is 5.32 Å². The van der Waals surface area contributed by atoms with Crippen molar-refractivity contribution in [1.29, 1.82) is 0 Å². The Morgan fingerprint density at radius 1 is 1.35 bits per heavy atom. The second-order valence-electron chi connectivity index (χ2n) is 4.48. The van der Waals surface area contributed by atoms with Crippen LogP contribution in [-0.4, -0.2) is 17.8 Å². The minimum absolute atomic E-state index is 0.563. The van der Waals surface area contributed by atoms with E-state index in [9.17, 15) is 0 Å². The van der Waals surface area contributed by atoms with Crippen LogP contribution in [0.2, 0.25) is 5.02 Å². The molecule has 3 heteroatoms. The maximum atomic E-state index is 5.97. The molecule has 0 saturated carbocycles. The summed E-state index contributed by atoms with van der Waals surface area (Å²) in [6, 6.07) is 8.67. The van der Waals surface area contributed by atoms with E-state index >= 15 is 0 Å². The molecule has 0 aliphatic carbocycles. The zero-order valence-electron chi connectivity index (χ0n) is 10.9. The second-order valence-corrected chi connectivity index (χ2v) is 6.43. The van der Waals surface area contributed by atoms with Crippen LogP contribution in [0.5, 0.6) is 0 Å². The third-order valence-corrected chi connectivity index (χ3v) is 3.94. The maximum Gasteiger partial charge on any atom is 0.0417 e. The van der Waals surface area contributed by atoms with E-state index in [4.69, 9.17) is 11.6 Å². The predicted octanol–water partition coefficient (Wildman–Crippen LogP) is 4.60. The fourth-order valence-corrected chi connectivity index (χ4v) is 2.97. The Hall–Kier alpha value is -0.180. The van der Waals surface area contributed by atoms with Gasteiger partial charge >= 0.3 is 0 Å². The van der Waals surface area contributed by atoms with E-state index < -0.39 is 0 Å². The van der Waals surface area contributed by atoms with Crippen molar-refractivity contribution in [2.45, 2.75) is 49.8 Å². The standard InChI is InChI=1S/C14H22ClNS/c1-4-6-11(2)16-10-12(3)17-14-8-5-7-13(15)9-14/h5,7-9,11-12,16H,4,6,10H2,1-3H3. The summed E-state index contributed by atoms with van der Waals surface area (Å²) in [5.41, 5.74) is 0. The molecule has 1 aromatic rings. The topological polar surface area (TPSA) is 12.0 Å². The van der Waals surface area contributed by atoms with Gasteiger partial charge in [-0.15, -0.1) is 11.8 Å².